The minimum absolute atomic E-state index is 0.277. The standard InChI is InChI=1S/C9H7Cl3O2/c1-5(9(12)13)14-7-4-2-3-6(10)8(7)11/h2-5H,1H3/t5-/m0/s1. The summed E-state index contributed by atoms with van der Waals surface area (Å²) in [4.78, 5) is 10.7. The van der Waals surface area contributed by atoms with E-state index in [1.165, 1.54) is 6.92 Å². The number of rotatable bonds is 3. The molecule has 2 nitrogen and oxygen atoms in total. The number of hydrogen-bond donors (Lipinski definition) is 0. The molecule has 1 aromatic carbocycles. The van der Waals surface area contributed by atoms with Gasteiger partial charge in [-0.15, -0.1) is 0 Å². The molecule has 0 amide bonds. The lowest BCUT2D eigenvalue weighted by Gasteiger charge is -2.12. The molecule has 0 saturated carbocycles. The van der Waals surface area contributed by atoms with E-state index in [4.69, 9.17) is 39.5 Å². The van der Waals surface area contributed by atoms with E-state index < -0.39 is 11.3 Å². The van der Waals surface area contributed by atoms with Gasteiger partial charge in [-0.05, 0) is 30.7 Å². The topological polar surface area (TPSA) is 26.3 Å². The third kappa shape index (κ3) is 2.77. The minimum atomic E-state index is -0.743. The van der Waals surface area contributed by atoms with Crippen LogP contribution >= 0.6 is 34.8 Å². The maximum absolute atomic E-state index is 10.7. The van der Waals surface area contributed by atoms with E-state index in [9.17, 15) is 4.79 Å². The minimum Gasteiger partial charge on any atom is -0.480 e. The Morgan fingerprint density at radius 2 is 2.07 bits per heavy atom. The first-order chi connectivity index (χ1) is 6.52. The van der Waals surface area contributed by atoms with Crippen LogP contribution < -0.4 is 4.74 Å². The predicted octanol–water partition coefficient (Wildman–Crippen LogP) is 3.53. The van der Waals surface area contributed by atoms with E-state index in [2.05, 4.69) is 0 Å². The monoisotopic (exact) mass is 252 g/mol. The fraction of sp³-hybridized carbons (Fsp3) is 0.222. The number of carbonyl (C=O) groups excluding carboxylic acids is 1. The van der Waals surface area contributed by atoms with Gasteiger partial charge in [-0.25, -0.2) is 0 Å². The van der Waals surface area contributed by atoms with Crippen LogP contribution in [-0.2, 0) is 4.79 Å². The molecule has 0 fully saturated rings. The van der Waals surface area contributed by atoms with Crippen molar-refractivity contribution in [3.05, 3.63) is 28.2 Å². The SMILES string of the molecule is C[C@H](Oc1cccc(Cl)c1Cl)C(=O)Cl. The summed E-state index contributed by atoms with van der Waals surface area (Å²) in [6, 6.07) is 4.92. The second-order valence-corrected chi connectivity index (χ2v) is 3.77. The molecule has 1 aromatic rings. The molecule has 0 aliphatic heterocycles. The summed E-state index contributed by atoms with van der Waals surface area (Å²) in [5.74, 6) is 0.348. The van der Waals surface area contributed by atoms with Crippen molar-refractivity contribution in [1.82, 2.24) is 0 Å². The van der Waals surface area contributed by atoms with E-state index in [0.29, 0.717) is 10.8 Å². The fourth-order valence-electron chi connectivity index (χ4n) is 0.812. The zero-order valence-electron chi connectivity index (χ0n) is 7.26. The Labute approximate surface area is 96.7 Å². The van der Waals surface area contributed by atoms with Gasteiger partial charge in [0.05, 0.1) is 5.02 Å². The molecule has 0 unspecified atom stereocenters. The third-order valence-corrected chi connectivity index (χ3v) is 2.65. The molecular weight excluding hydrogens is 246 g/mol. The smallest absolute Gasteiger partial charge is 0.262 e. The molecule has 0 spiro atoms. The van der Waals surface area contributed by atoms with Crippen LogP contribution in [0.3, 0.4) is 0 Å². The number of hydrogen-bond acceptors (Lipinski definition) is 2. The summed E-state index contributed by atoms with van der Waals surface area (Å²) in [6.45, 7) is 1.53. The van der Waals surface area contributed by atoms with Crippen LogP contribution in [0.15, 0.2) is 18.2 Å². The van der Waals surface area contributed by atoms with E-state index in [1.807, 2.05) is 0 Å². The van der Waals surface area contributed by atoms with E-state index >= 15 is 0 Å². The average molecular weight is 254 g/mol. The molecule has 0 heterocycles. The maximum Gasteiger partial charge on any atom is 0.262 e. The lowest BCUT2D eigenvalue weighted by molar-refractivity contribution is -0.117. The number of benzene rings is 1. The Balaban J connectivity index is 2.87. The Morgan fingerprint density at radius 3 is 2.64 bits per heavy atom. The zero-order valence-corrected chi connectivity index (χ0v) is 9.53. The van der Waals surface area contributed by atoms with E-state index in [-0.39, 0.29) is 5.02 Å². The molecule has 0 saturated heterocycles. The van der Waals surface area contributed by atoms with E-state index in [1.54, 1.807) is 18.2 Å². The Kier molecular flexibility index (Phi) is 4.05. The van der Waals surface area contributed by atoms with Gasteiger partial charge >= 0.3 is 0 Å². The first kappa shape index (κ1) is 11.6. The summed E-state index contributed by atoms with van der Waals surface area (Å²) in [5, 5.41) is 0.0679. The van der Waals surface area contributed by atoms with Crippen LogP contribution in [0.2, 0.25) is 10.0 Å². The number of halogens is 3. The molecule has 0 aliphatic rings. The molecule has 0 bridgehead atoms. The van der Waals surface area contributed by atoms with Gasteiger partial charge in [0.15, 0.2) is 6.10 Å². The highest BCUT2D eigenvalue weighted by Crippen LogP contribution is 2.32. The van der Waals surface area contributed by atoms with Crippen molar-refractivity contribution >= 4 is 40.0 Å². The quantitative estimate of drug-likeness (QED) is 0.770. The fourth-order valence-corrected chi connectivity index (χ4v) is 1.19. The summed E-state index contributed by atoms with van der Waals surface area (Å²) < 4.78 is 5.19. The van der Waals surface area contributed by atoms with Gasteiger partial charge in [0.25, 0.3) is 5.24 Å². The highest BCUT2D eigenvalue weighted by atomic mass is 35.5. The van der Waals surface area contributed by atoms with Crippen LogP contribution in [-0.4, -0.2) is 11.3 Å². The molecular formula is C9H7Cl3O2. The lowest BCUT2D eigenvalue weighted by atomic mass is 10.3. The lowest BCUT2D eigenvalue weighted by Crippen LogP contribution is -2.19. The van der Waals surface area contributed by atoms with Crippen molar-refractivity contribution in [2.24, 2.45) is 0 Å². The first-order valence-corrected chi connectivity index (χ1v) is 4.95. The molecule has 0 aliphatic carbocycles. The average Bonchev–Trinajstić information content (AvgIpc) is 2.12. The Bertz CT molecular complexity index is 352. The highest BCUT2D eigenvalue weighted by molar-refractivity contribution is 6.64. The van der Waals surface area contributed by atoms with Gasteiger partial charge in [0.2, 0.25) is 0 Å². The molecule has 0 aromatic heterocycles. The van der Waals surface area contributed by atoms with Gasteiger partial charge in [0, 0.05) is 0 Å². The zero-order chi connectivity index (χ0) is 10.7. The first-order valence-electron chi connectivity index (χ1n) is 3.82. The summed E-state index contributed by atoms with van der Waals surface area (Å²) >= 11 is 16.8. The van der Waals surface area contributed by atoms with Crippen molar-refractivity contribution in [1.29, 1.82) is 0 Å². The van der Waals surface area contributed by atoms with Crippen LogP contribution in [0.25, 0.3) is 0 Å². The molecule has 1 rings (SSSR count). The molecule has 76 valence electrons. The summed E-state index contributed by atoms with van der Waals surface area (Å²) in [7, 11) is 0. The van der Waals surface area contributed by atoms with Crippen molar-refractivity contribution < 1.29 is 9.53 Å². The summed E-state index contributed by atoms with van der Waals surface area (Å²) in [6.07, 6.45) is -0.743. The van der Waals surface area contributed by atoms with Crippen LogP contribution in [0.1, 0.15) is 6.92 Å². The van der Waals surface area contributed by atoms with Crippen LogP contribution in [0.5, 0.6) is 5.75 Å². The molecule has 5 heteroatoms. The molecule has 0 N–H and O–H groups in total. The normalized spacial score (nSPS) is 12.3. The van der Waals surface area contributed by atoms with Gasteiger partial charge in [-0.2, -0.15) is 0 Å². The highest BCUT2D eigenvalue weighted by Gasteiger charge is 2.14. The largest absolute Gasteiger partial charge is 0.480 e. The van der Waals surface area contributed by atoms with E-state index in [0.717, 1.165) is 0 Å². The molecule has 14 heavy (non-hydrogen) atoms. The van der Waals surface area contributed by atoms with Gasteiger partial charge < -0.3 is 4.74 Å². The number of carbonyl (C=O) groups is 1. The number of ether oxygens (including phenoxy) is 1. The third-order valence-electron chi connectivity index (χ3n) is 1.54. The molecule has 0 radical (unpaired) electrons. The molecule has 1 atom stereocenters. The van der Waals surface area contributed by atoms with Crippen LogP contribution in [0.4, 0.5) is 0 Å². The van der Waals surface area contributed by atoms with Crippen molar-refractivity contribution in [2.45, 2.75) is 13.0 Å². The predicted molar refractivity (Wildman–Crippen MR) is 57.4 cm³/mol. The second-order valence-electron chi connectivity index (χ2n) is 2.62. The maximum atomic E-state index is 10.7. The van der Waals surface area contributed by atoms with Crippen molar-refractivity contribution in [3.8, 4) is 5.75 Å². The van der Waals surface area contributed by atoms with Gasteiger partial charge in [-0.1, -0.05) is 29.3 Å². The van der Waals surface area contributed by atoms with Gasteiger partial charge in [-0.3, -0.25) is 4.79 Å². The van der Waals surface area contributed by atoms with Crippen molar-refractivity contribution in [3.63, 3.8) is 0 Å². The van der Waals surface area contributed by atoms with Gasteiger partial charge in [0.1, 0.15) is 10.8 Å². The Hall–Kier alpha value is -0.440. The Morgan fingerprint density at radius 1 is 1.43 bits per heavy atom. The van der Waals surface area contributed by atoms with Crippen LogP contribution in [0, 0.1) is 0 Å². The second kappa shape index (κ2) is 4.87. The van der Waals surface area contributed by atoms with Crippen molar-refractivity contribution in [2.75, 3.05) is 0 Å². The summed E-state index contributed by atoms with van der Waals surface area (Å²) in [5.41, 5.74) is 0.